The molecule has 2 rings (SSSR count). The Morgan fingerprint density at radius 1 is 1.26 bits per heavy atom. The third-order valence-corrected chi connectivity index (χ3v) is 3.02. The molecule has 19 heavy (non-hydrogen) atoms. The molecule has 0 saturated carbocycles. The van der Waals surface area contributed by atoms with E-state index in [1.807, 2.05) is 31.2 Å². The first-order valence-electron chi connectivity index (χ1n) is 5.98. The van der Waals surface area contributed by atoms with Gasteiger partial charge in [-0.15, -0.1) is 0 Å². The van der Waals surface area contributed by atoms with Crippen LogP contribution in [0.2, 0.25) is 0 Å². The standard InChI is InChI=1S/C15H15NO3/c1-10-4-3-5-12(8-10)9-16-7-6-11(2)13(14(16)17)15(18)19/h3-8H,9H2,1-2H3,(H,18,19). The maximum atomic E-state index is 12.1. The van der Waals surface area contributed by atoms with E-state index in [1.54, 1.807) is 19.2 Å². The first kappa shape index (κ1) is 13.1. The molecule has 0 atom stereocenters. The predicted molar refractivity (Wildman–Crippen MR) is 72.7 cm³/mol. The summed E-state index contributed by atoms with van der Waals surface area (Å²) in [6.45, 7) is 3.98. The third-order valence-electron chi connectivity index (χ3n) is 3.02. The molecule has 0 fully saturated rings. The lowest BCUT2D eigenvalue weighted by Gasteiger charge is -2.09. The molecule has 1 N–H and O–H groups in total. The van der Waals surface area contributed by atoms with Gasteiger partial charge in [-0.25, -0.2) is 4.79 Å². The van der Waals surface area contributed by atoms with Gasteiger partial charge in [-0.05, 0) is 31.0 Å². The minimum Gasteiger partial charge on any atom is -0.477 e. The fraction of sp³-hybridized carbons (Fsp3) is 0.200. The third kappa shape index (κ3) is 2.73. The Bertz CT molecular complexity index is 686. The van der Waals surface area contributed by atoms with E-state index in [9.17, 15) is 9.59 Å². The molecule has 98 valence electrons. The molecule has 0 aliphatic heterocycles. The van der Waals surface area contributed by atoms with E-state index in [2.05, 4.69) is 0 Å². The van der Waals surface area contributed by atoms with Gasteiger partial charge in [0.25, 0.3) is 5.56 Å². The average Bonchev–Trinajstić information content (AvgIpc) is 2.32. The quantitative estimate of drug-likeness (QED) is 0.917. The van der Waals surface area contributed by atoms with E-state index >= 15 is 0 Å². The second-order valence-electron chi connectivity index (χ2n) is 4.60. The highest BCUT2D eigenvalue weighted by Crippen LogP contribution is 2.07. The molecule has 1 heterocycles. The molecule has 0 unspecified atom stereocenters. The minimum atomic E-state index is -1.18. The first-order valence-corrected chi connectivity index (χ1v) is 5.98. The molecular weight excluding hydrogens is 242 g/mol. The van der Waals surface area contributed by atoms with Crippen molar-refractivity contribution in [2.75, 3.05) is 0 Å². The van der Waals surface area contributed by atoms with E-state index in [-0.39, 0.29) is 5.56 Å². The van der Waals surface area contributed by atoms with Crippen molar-refractivity contribution < 1.29 is 9.90 Å². The smallest absolute Gasteiger partial charge is 0.341 e. The van der Waals surface area contributed by atoms with Crippen LogP contribution in [0.3, 0.4) is 0 Å². The van der Waals surface area contributed by atoms with Gasteiger partial charge in [0.1, 0.15) is 5.56 Å². The van der Waals surface area contributed by atoms with Crippen molar-refractivity contribution in [3.8, 4) is 0 Å². The monoisotopic (exact) mass is 257 g/mol. The van der Waals surface area contributed by atoms with Gasteiger partial charge < -0.3 is 9.67 Å². The number of rotatable bonds is 3. The Balaban J connectivity index is 2.45. The van der Waals surface area contributed by atoms with E-state index in [0.29, 0.717) is 12.1 Å². The van der Waals surface area contributed by atoms with Crippen LogP contribution >= 0.6 is 0 Å². The summed E-state index contributed by atoms with van der Waals surface area (Å²) >= 11 is 0. The van der Waals surface area contributed by atoms with Gasteiger partial charge in [0.2, 0.25) is 0 Å². The summed E-state index contributed by atoms with van der Waals surface area (Å²) < 4.78 is 1.42. The van der Waals surface area contributed by atoms with Crippen molar-refractivity contribution in [1.29, 1.82) is 0 Å². The van der Waals surface area contributed by atoms with E-state index in [4.69, 9.17) is 5.11 Å². The van der Waals surface area contributed by atoms with E-state index in [1.165, 1.54) is 4.57 Å². The zero-order chi connectivity index (χ0) is 14.0. The summed E-state index contributed by atoms with van der Waals surface area (Å²) in [6.07, 6.45) is 1.63. The number of carboxylic acids is 1. The Morgan fingerprint density at radius 2 is 2.00 bits per heavy atom. The van der Waals surface area contributed by atoms with Crippen molar-refractivity contribution in [3.05, 3.63) is 69.1 Å². The highest BCUT2D eigenvalue weighted by Gasteiger charge is 2.14. The van der Waals surface area contributed by atoms with Crippen LogP contribution in [0.1, 0.15) is 27.0 Å². The molecule has 1 aromatic carbocycles. The zero-order valence-electron chi connectivity index (χ0n) is 10.9. The Kier molecular flexibility index (Phi) is 3.51. The summed E-state index contributed by atoms with van der Waals surface area (Å²) in [4.78, 5) is 23.2. The molecule has 0 amide bonds. The molecule has 4 heteroatoms. The zero-order valence-corrected chi connectivity index (χ0v) is 10.9. The van der Waals surface area contributed by atoms with Crippen LogP contribution in [0.5, 0.6) is 0 Å². The molecule has 1 aromatic heterocycles. The molecule has 0 spiro atoms. The maximum Gasteiger partial charge on any atom is 0.341 e. The number of aromatic nitrogens is 1. The van der Waals surface area contributed by atoms with Crippen molar-refractivity contribution in [3.63, 3.8) is 0 Å². The van der Waals surface area contributed by atoms with Crippen molar-refractivity contribution >= 4 is 5.97 Å². The van der Waals surface area contributed by atoms with Gasteiger partial charge in [-0.1, -0.05) is 29.8 Å². The molecule has 0 radical (unpaired) electrons. The number of carboxylic acid groups (broad SMARTS) is 1. The molecule has 0 aliphatic carbocycles. The number of hydrogen-bond donors (Lipinski definition) is 1. The lowest BCUT2D eigenvalue weighted by molar-refractivity contribution is 0.0693. The average molecular weight is 257 g/mol. The Labute approximate surface area is 110 Å². The van der Waals surface area contributed by atoms with Crippen LogP contribution < -0.4 is 5.56 Å². The summed E-state index contributed by atoms with van der Waals surface area (Å²) in [7, 11) is 0. The van der Waals surface area contributed by atoms with Gasteiger partial charge in [0.05, 0.1) is 6.54 Å². The molecule has 0 bridgehead atoms. The van der Waals surface area contributed by atoms with Crippen LogP contribution in [0.4, 0.5) is 0 Å². The van der Waals surface area contributed by atoms with Crippen molar-refractivity contribution in [2.24, 2.45) is 0 Å². The highest BCUT2D eigenvalue weighted by molar-refractivity contribution is 5.88. The number of benzene rings is 1. The van der Waals surface area contributed by atoms with Gasteiger partial charge in [0.15, 0.2) is 0 Å². The fourth-order valence-corrected chi connectivity index (χ4v) is 2.06. The topological polar surface area (TPSA) is 59.3 Å². The second kappa shape index (κ2) is 5.10. The fourth-order valence-electron chi connectivity index (χ4n) is 2.06. The summed E-state index contributed by atoms with van der Waals surface area (Å²) in [5.41, 5.74) is 1.94. The maximum absolute atomic E-state index is 12.1. The van der Waals surface area contributed by atoms with Crippen molar-refractivity contribution in [2.45, 2.75) is 20.4 Å². The number of pyridine rings is 1. The van der Waals surface area contributed by atoms with Crippen molar-refractivity contribution in [1.82, 2.24) is 4.57 Å². The molecular formula is C15H15NO3. The number of aromatic carboxylic acids is 1. The number of carbonyl (C=O) groups is 1. The van der Waals surface area contributed by atoms with Crippen LogP contribution in [0, 0.1) is 13.8 Å². The first-order chi connectivity index (χ1) is 8.99. The number of aryl methyl sites for hydroxylation is 2. The number of nitrogens with zero attached hydrogens (tertiary/aromatic N) is 1. The normalized spacial score (nSPS) is 10.4. The SMILES string of the molecule is Cc1cccc(Cn2ccc(C)c(C(=O)O)c2=O)c1. The van der Waals surface area contributed by atoms with Crippen LogP contribution in [0.25, 0.3) is 0 Å². The number of hydrogen-bond acceptors (Lipinski definition) is 2. The minimum absolute atomic E-state index is 0.157. The van der Waals surface area contributed by atoms with Crippen LogP contribution in [-0.2, 0) is 6.54 Å². The molecule has 2 aromatic rings. The van der Waals surface area contributed by atoms with Gasteiger partial charge in [0, 0.05) is 6.20 Å². The van der Waals surface area contributed by atoms with Gasteiger partial charge >= 0.3 is 5.97 Å². The highest BCUT2D eigenvalue weighted by atomic mass is 16.4. The van der Waals surface area contributed by atoms with Crippen LogP contribution in [-0.4, -0.2) is 15.6 Å². The van der Waals surface area contributed by atoms with E-state index in [0.717, 1.165) is 11.1 Å². The Hall–Kier alpha value is -2.36. The largest absolute Gasteiger partial charge is 0.477 e. The van der Waals surface area contributed by atoms with Gasteiger partial charge in [-0.3, -0.25) is 4.79 Å². The van der Waals surface area contributed by atoms with Crippen LogP contribution in [0.15, 0.2) is 41.3 Å². The van der Waals surface area contributed by atoms with E-state index < -0.39 is 11.5 Å². The molecule has 0 saturated heterocycles. The summed E-state index contributed by atoms with van der Waals surface area (Å²) in [5, 5.41) is 9.07. The second-order valence-corrected chi connectivity index (χ2v) is 4.60. The lowest BCUT2D eigenvalue weighted by Crippen LogP contribution is -2.27. The molecule has 4 nitrogen and oxygen atoms in total. The Morgan fingerprint density at radius 3 is 2.63 bits per heavy atom. The molecule has 0 aliphatic rings. The van der Waals surface area contributed by atoms with Gasteiger partial charge in [-0.2, -0.15) is 0 Å². The summed E-state index contributed by atoms with van der Waals surface area (Å²) in [5.74, 6) is -1.18. The summed E-state index contributed by atoms with van der Waals surface area (Å²) in [6, 6.07) is 9.44. The predicted octanol–water partition coefficient (Wildman–Crippen LogP) is 2.21. The lowest BCUT2D eigenvalue weighted by atomic mass is 10.1.